The van der Waals surface area contributed by atoms with Crippen LogP contribution in [0.1, 0.15) is 36.7 Å². The third-order valence-electron chi connectivity index (χ3n) is 2.84. The molecule has 1 rings (SSSR count). The van der Waals surface area contributed by atoms with Crippen molar-refractivity contribution in [2.45, 2.75) is 33.7 Å². The zero-order valence-electron chi connectivity index (χ0n) is 11.1. The van der Waals surface area contributed by atoms with Crippen LogP contribution in [0.4, 0.5) is 0 Å². The Morgan fingerprint density at radius 3 is 2.39 bits per heavy atom. The average molecular weight is 256 g/mol. The second-order valence-electron chi connectivity index (χ2n) is 4.49. The van der Waals surface area contributed by atoms with Crippen LogP contribution in [0.2, 0.25) is 0 Å². The fraction of sp³-hybridized carbons (Fsp3) is 0.583. The molecule has 6 heteroatoms. The Morgan fingerprint density at radius 1 is 1.39 bits per heavy atom. The van der Waals surface area contributed by atoms with Crippen molar-refractivity contribution in [2.24, 2.45) is 11.7 Å². The van der Waals surface area contributed by atoms with E-state index in [1.54, 1.807) is 6.92 Å². The molecule has 1 aromatic heterocycles. The van der Waals surface area contributed by atoms with Gasteiger partial charge in [0.05, 0.1) is 11.6 Å². The molecule has 0 radical (unpaired) electrons. The van der Waals surface area contributed by atoms with Gasteiger partial charge in [-0.05, 0) is 19.8 Å². The number of carbonyl (C=O) groups excluding carboxylic acids is 1. The van der Waals surface area contributed by atoms with Gasteiger partial charge in [0, 0.05) is 5.56 Å². The van der Waals surface area contributed by atoms with Gasteiger partial charge in [0.2, 0.25) is 11.8 Å². The first-order valence-electron chi connectivity index (χ1n) is 5.89. The highest BCUT2D eigenvalue weighted by atomic mass is 16.7. The van der Waals surface area contributed by atoms with Gasteiger partial charge >= 0.3 is 0 Å². The summed E-state index contributed by atoms with van der Waals surface area (Å²) >= 11 is 0. The van der Waals surface area contributed by atoms with Crippen LogP contribution in [-0.2, 0) is 0 Å². The van der Waals surface area contributed by atoms with Crippen molar-refractivity contribution < 1.29 is 19.8 Å². The number of aromatic nitrogens is 1. The van der Waals surface area contributed by atoms with E-state index in [0.29, 0.717) is 0 Å². The molecule has 0 aromatic carbocycles. The molecule has 102 valence electrons. The van der Waals surface area contributed by atoms with Crippen molar-refractivity contribution in [3.8, 4) is 11.8 Å². The lowest BCUT2D eigenvalue weighted by atomic mass is 9.95. The molecule has 0 aliphatic heterocycles. The summed E-state index contributed by atoms with van der Waals surface area (Å²) in [4.78, 5) is 17.2. The molecular weight excluding hydrogens is 236 g/mol. The van der Waals surface area contributed by atoms with Gasteiger partial charge in [0.1, 0.15) is 6.61 Å². The second-order valence-corrected chi connectivity index (χ2v) is 4.49. The predicted octanol–water partition coefficient (Wildman–Crippen LogP) is 0.822. The van der Waals surface area contributed by atoms with Crippen LogP contribution in [-0.4, -0.2) is 33.4 Å². The zero-order valence-corrected chi connectivity index (χ0v) is 11.1. The van der Waals surface area contributed by atoms with Crippen LogP contribution in [0.5, 0.6) is 11.8 Å². The Bertz CT molecular complexity index is 451. The molecule has 0 saturated heterocycles. The normalized spacial score (nSPS) is 12.8. The summed E-state index contributed by atoms with van der Waals surface area (Å²) in [5.41, 5.74) is 6.05. The fourth-order valence-electron chi connectivity index (χ4n) is 1.65. The lowest BCUT2D eigenvalue weighted by Gasteiger charge is -2.14. The minimum Gasteiger partial charge on any atom is -0.492 e. The number of Topliss-reactive ketones (excluding diaryl/α,β-unsaturated/α-hetero) is 1. The molecule has 0 amide bonds. The van der Waals surface area contributed by atoms with Gasteiger partial charge in [0.15, 0.2) is 5.78 Å². The second kappa shape index (κ2) is 5.30. The summed E-state index contributed by atoms with van der Waals surface area (Å²) < 4.78 is 0.843. The fourth-order valence-corrected chi connectivity index (χ4v) is 1.65. The van der Waals surface area contributed by atoms with Gasteiger partial charge in [-0.2, -0.15) is 0 Å². The minimum absolute atomic E-state index is 0.0159. The molecule has 1 heterocycles. The molecule has 0 fully saturated rings. The van der Waals surface area contributed by atoms with Gasteiger partial charge in [0.25, 0.3) is 0 Å². The molecule has 0 unspecified atom stereocenters. The average Bonchev–Trinajstić information content (AvgIpc) is 2.52. The molecule has 0 saturated carbocycles. The van der Waals surface area contributed by atoms with E-state index in [2.05, 4.69) is 0 Å². The summed E-state index contributed by atoms with van der Waals surface area (Å²) in [5, 5.41) is 19.7. The first kappa shape index (κ1) is 14.4. The Labute approximate surface area is 106 Å². The molecule has 4 N–H and O–H groups in total. The number of ketones is 1. The molecule has 1 atom stereocenters. The number of nitrogens with zero attached hydrogens (tertiary/aromatic N) is 1. The van der Waals surface area contributed by atoms with E-state index < -0.39 is 17.7 Å². The van der Waals surface area contributed by atoms with Gasteiger partial charge < -0.3 is 20.8 Å². The monoisotopic (exact) mass is 256 g/mol. The first-order valence-corrected chi connectivity index (χ1v) is 5.89. The summed E-state index contributed by atoms with van der Waals surface area (Å²) in [7, 11) is 0. The number of carbonyl (C=O) groups is 1. The van der Waals surface area contributed by atoms with Crippen LogP contribution < -0.4 is 10.6 Å². The van der Waals surface area contributed by atoms with Gasteiger partial charge in [-0.15, -0.1) is 4.73 Å². The van der Waals surface area contributed by atoms with Crippen LogP contribution in [0.15, 0.2) is 0 Å². The maximum atomic E-state index is 12.1. The van der Waals surface area contributed by atoms with E-state index in [1.807, 2.05) is 13.8 Å². The van der Waals surface area contributed by atoms with Crippen LogP contribution in [0, 0.1) is 12.8 Å². The van der Waals surface area contributed by atoms with Crippen molar-refractivity contribution in [3.05, 3.63) is 11.1 Å². The highest BCUT2D eigenvalue weighted by molar-refractivity contribution is 6.04. The minimum atomic E-state index is -0.730. The van der Waals surface area contributed by atoms with E-state index in [1.165, 1.54) is 6.92 Å². The van der Waals surface area contributed by atoms with Crippen molar-refractivity contribution in [1.82, 2.24) is 4.73 Å². The lowest BCUT2D eigenvalue weighted by molar-refractivity contribution is 0.0817. The quantitative estimate of drug-likeness (QED) is 0.678. The van der Waals surface area contributed by atoms with Crippen molar-refractivity contribution in [3.63, 3.8) is 0 Å². The maximum Gasteiger partial charge on any atom is 0.240 e. The molecule has 1 aromatic rings. The Morgan fingerprint density at radius 2 is 1.94 bits per heavy atom. The Hall–Kier alpha value is -1.69. The summed E-state index contributed by atoms with van der Waals surface area (Å²) in [6.07, 6.45) is 0. The van der Waals surface area contributed by atoms with E-state index in [9.17, 15) is 15.0 Å². The number of aromatic hydroxyl groups is 2. The topological polar surface area (TPSA) is 97.7 Å². The highest BCUT2D eigenvalue weighted by Crippen LogP contribution is 2.33. The number of hydrogen-bond donors (Lipinski definition) is 3. The SMILES string of the molecule is CCOn1c(O)c(C)c(C(=O)[C@@H](N)C(C)C)c1O. The largest absolute Gasteiger partial charge is 0.492 e. The zero-order chi connectivity index (χ0) is 14.0. The molecule has 6 nitrogen and oxygen atoms in total. The smallest absolute Gasteiger partial charge is 0.240 e. The lowest BCUT2D eigenvalue weighted by Crippen LogP contribution is -2.35. The number of nitrogens with two attached hydrogens (primary N) is 1. The summed E-state index contributed by atoms with van der Waals surface area (Å²) in [6.45, 7) is 7.11. The van der Waals surface area contributed by atoms with E-state index in [-0.39, 0.29) is 29.5 Å². The highest BCUT2D eigenvalue weighted by Gasteiger charge is 2.30. The number of rotatable bonds is 5. The molecular formula is C12H20N2O4. The van der Waals surface area contributed by atoms with Gasteiger partial charge in [-0.1, -0.05) is 13.8 Å². The molecule has 0 bridgehead atoms. The van der Waals surface area contributed by atoms with Crippen LogP contribution in [0.25, 0.3) is 0 Å². The van der Waals surface area contributed by atoms with Crippen LogP contribution >= 0.6 is 0 Å². The molecule has 0 aliphatic rings. The van der Waals surface area contributed by atoms with E-state index in [4.69, 9.17) is 10.6 Å². The van der Waals surface area contributed by atoms with Crippen LogP contribution in [0.3, 0.4) is 0 Å². The maximum absolute atomic E-state index is 12.1. The third-order valence-corrected chi connectivity index (χ3v) is 2.84. The van der Waals surface area contributed by atoms with E-state index in [0.717, 1.165) is 4.73 Å². The predicted molar refractivity (Wildman–Crippen MR) is 66.8 cm³/mol. The Kier molecular flexibility index (Phi) is 4.24. The van der Waals surface area contributed by atoms with Crippen molar-refractivity contribution in [2.75, 3.05) is 6.61 Å². The summed E-state index contributed by atoms with van der Waals surface area (Å²) in [5.74, 6) is -1.16. The van der Waals surface area contributed by atoms with Gasteiger partial charge in [-0.3, -0.25) is 4.79 Å². The van der Waals surface area contributed by atoms with Crippen molar-refractivity contribution >= 4 is 5.78 Å². The molecule has 0 aliphatic carbocycles. The first-order chi connectivity index (χ1) is 8.32. The number of hydrogen-bond acceptors (Lipinski definition) is 5. The van der Waals surface area contributed by atoms with Crippen molar-refractivity contribution in [1.29, 1.82) is 0 Å². The standard InChI is InChI=1S/C12H20N2O4/c1-5-18-14-11(16)7(4)8(12(14)17)10(15)9(13)6(2)3/h6,9,16-17H,5,13H2,1-4H3/t9-/m0/s1. The summed E-state index contributed by atoms with van der Waals surface area (Å²) in [6, 6.07) is -0.730. The Balaban J connectivity index is 3.25. The van der Waals surface area contributed by atoms with E-state index >= 15 is 0 Å². The molecule has 0 spiro atoms. The van der Waals surface area contributed by atoms with Gasteiger partial charge in [-0.25, -0.2) is 0 Å². The molecule has 18 heavy (non-hydrogen) atoms. The third kappa shape index (κ3) is 2.28.